The third kappa shape index (κ3) is 9.42. The second-order valence-electron chi connectivity index (χ2n) is 6.83. The van der Waals surface area contributed by atoms with Crippen LogP contribution in [0.4, 0.5) is 5.69 Å². The second kappa shape index (κ2) is 13.6. The highest BCUT2D eigenvalue weighted by atomic mass is 35.5. The van der Waals surface area contributed by atoms with Gasteiger partial charge in [-0.3, -0.25) is 30.6 Å². The van der Waals surface area contributed by atoms with E-state index in [-0.39, 0.29) is 34.6 Å². The molecule has 9 nitrogen and oxygen atoms in total. The van der Waals surface area contributed by atoms with Gasteiger partial charge >= 0.3 is 0 Å². The van der Waals surface area contributed by atoms with E-state index in [0.29, 0.717) is 23.1 Å². The van der Waals surface area contributed by atoms with Crippen LogP contribution in [0.1, 0.15) is 26.7 Å². The van der Waals surface area contributed by atoms with E-state index in [1.165, 1.54) is 19.1 Å². The molecular weight excluding hydrogens is 503 g/mol. The predicted octanol–water partition coefficient (Wildman–Crippen LogP) is 3.60. The molecule has 0 saturated carbocycles. The highest BCUT2D eigenvalue weighted by Gasteiger charge is 2.18. The molecule has 3 amide bonds. The van der Waals surface area contributed by atoms with E-state index in [0.717, 1.165) is 0 Å². The Morgan fingerprint density at radius 3 is 2.32 bits per heavy atom. The largest absolute Gasteiger partial charge is 0.494 e. The molecule has 0 aliphatic heterocycles. The summed E-state index contributed by atoms with van der Waals surface area (Å²) in [5.41, 5.74) is 5.30. The van der Waals surface area contributed by atoms with E-state index >= 15 is 0 Å². The van der Waals surface area contributed by atoms with E-state index < -0.39 is 17.9 Å². The molecule has 0 spiro atoms. The third-order valence-electron chi connectivity index (χ3n) is 4.15. The number of ether oxygens (including phenoxy) is 2. The molecule has 0 aromatic heterocycles. The SMILES string of the molecule is CCOc1ccc(NC(=O)CCC(=O)NNC(=S)NC(=O)C(C)Oc2ccc(Cl)cc2Cl)cc1. The Balaban J connectivity index is 1.68. The quantitative estimate of drug-likeness (QED) is 0.291. The topological polar surface area (TPSA) is 118 Å². The minimum Gasteiger partial charge on any atom is -0.494 e. The number of thiocarbonyl (C=S) groups is 1. The Morgan fingerprint density at radius 2 is 1.68 bits per heavy atom. The van der Waals surface area contributed by atoms with Crippen LogP contribution in [0.15, 0.2) is 42.5 Å². The lowest BCUT2D eigenvalue weighted by atomic mass is 10.2. The molecule has 0 radical (unpaired) electrons. The van der Waals surface area contributed by atoms with Crippen molar-refractivity contribution in [2.45, 2.75) is 32.8 Å². The number of carbonyl (C=O) groups is 3. The molecule has 12 heteroatoms. The maximum Gasteiger partial charge on any atom is 0.266 e. The lowest BCUT2D eigenvalue weighted by Gasteiger charge is -2.16. The molecular formula is C22H24Cl2N4O5S. The number of benzene rings is 2. The zero-order valence-corrected chi connectivity index (χ0v) is 20.8. The highest BCUT2D eigenvalue weighted by Crippen LogP contribution is 2.28. The van der Waals surface area contributed by atoms with E-state index in [4.69, 9.17) is 44.9 Å². The van der Waals surface area contributed by atoms with Crippen molar-refractivity contribution in [1.29, 1.82) is 0 Å². The van der Waals surface area contributed by atoms with Gasteiger partial charge in [-0.2, -0.15) is 0 Å². The van der Waals surface area contributed by atoms with Crippen LogP contribution in [-0.4, -0.2) is 35.5 Å². The van der Waals surface area contributed by atoms with Gasteiger partial charge in [0.2, 0.25) is 11.8 Å². The van der Waals surface area contributed by atoms with Crippen LogP contribution in [0.2, 0.25) is 10.0 Å². The summed E-state index contributed by atoms with van der Waals surface area (Å²) in [7, 11) is 0. The van der Waals surface area contributed by atoms with Gasteiger partial charge in [0.05, 0.1) is 11.6 Å². The molecule has 0 bridgehead atoms. The highest BCUT2D eigenvalue weighted by molar-refractivity contribution is 7.80. The van der Waals surface area contributed by atoms with Gasteiger partial charge in [-0.15, -0.1) is 0 Å². The molecule has 0 heterocycles. The number of hydrogen-bond acceptors (Lipinski definition) is 6. The summed E-state index contributed by atoms with van der Waals surface area (Å²) in [6.07, 6.45) is -1.08. The molecule has 0 aliphatic rings. The first-order valence-electron chi connectivity index (χ1n) is 10.2. The van der Waals surface area contributed by atoms with Crippen molar-refractivity contribution in [3.05, 3.63) is 52.5 Å². The fourth-order valence-electron chi connectivity index (χ4n) is 2.50. The lowest BCUT2D eigenvalue weighted by molar-refractivity contribution is -0.126. The van der Waals surface area contributed by atoms with Crippen molar-refractivity contribution in [1.82, 2.24) is 16.2 Å². The molecule has 34 heavy (non-hydrogen) atoms. The van der Waals surface area contributed by atoms with Crippen LogP contribution in [0.3, 0.4) is 0 Å². The summed E-state index contributed by atoms with van der Waals surface area (Å²) in [5.74, 6) is -0.404. The van der Waals surface area contributed by atoms with E-state index in [1.807, 2.05) is 6.92 Å². The first kappa shape index (κ1) is 27.2. The summed E-state index contributed by atoms with van der Waals surface area (Å²) in [5, 5.41) is 5.62. The second-order valence-corrected chi connectivity index (χ2v) is 8.08. The van der Waals surface area contributed by atoms with Crippen molar-refractivity contribution in [2.75, 3.05) is 11.9 Å². The normalized spacial score (nSPS) is 11.1. The first-order valence-corrected chi connectivity index (χ1v) is 11.4. The Morgan fingerprint density at radius 1 is 1.00 bits per heavy atom. The van der Waals surface area contributed by atoms with Crippen LogP contribution in [0, 0.1) is 0 Å². The average Bonchev–Trinajstić information content (AvgIpc) is 2.79. The summed E-state index contributed by atoms with van der Waals surface area (Å²) in [4.78, 5) is 36.2. The fraction of sp³-hybridized carbons (Fsp3) is 0.273. The maximum atomic E-state index is 12.2. The maximum absolute atomic E-state index is 12.2. The Hall–Kier alpha value is -3.08. The van der Waals surface area contributed by atoms with Crippen LogP contribution >= 0.6 is 35.4 Å². The monoisotopic (exact) mass is 526 g/mol. The molecule has 0 fully saturated rings. The molecule has 182 valence electrons. The van der Waals surface area contributed by atoms with Gasteiger partial charge < -0.3 is 14.8 Å². The van der Waals surface area contributed by atoms with Gasteiger partial charge in [-0.1, -0.05) is 23.2 Å². The number of nitrogens with one attached hydrogen (secondary N) is 4. The first-order chi connectivity index (χ1) is 16.2. The molecule has 2 aromatic carbocycles. The number of halogens is 2. The van der Waals surface area contributed by atoms with Gasteiger partial charge in [0, 0.05) is 23.6 Å². The Labute approximate surface area is 212 Å². The van der Waals surface area contributed by atoms with E-state index in [2.05, 4.69) is 21.5 Å². The molecule has 1 atom stereocenters. The van der Waals surface area contributed by atoms with E-state index in [1.54, 1.807) is 30.3 Å². The third-order valence-corrected chi connectivity index (χ3v) is 4.88. The number of anilines is 1. The minimum atomic E-state index is -0.930. The van der Waals surface area contributed by atoms with Crippen LogP contribution < -0.4 is 31.0 Å². The minimum absolute atomic E-state index is 0.0490. The number of hydrogen-bond donors (Lipinski definition) is 4. The molecule has 4 N–H and O–H groups in total. The van der Waals surface area contributed by atoms with Gasteiger partial charge in [0.1, 0.15) is 11.5 Å². The molecule has 2 aromatic rings. The number of hydrazine groups is 1. The number of carbonyl (C=O) groups excluding carboxylic acids is 3. The molecule has 2 rings (SSSR count). The van der Waals surface area contributed by atoms with Crippen molar-refractivity contribution < 1.29 is 23.9 Å². The van der Waals surface area contributed by atoms with Crippen LogP contribution in [-0.2, 0) is 14.4 Å². The van der Waals surface area contributed by atoms with Crippen molar-refractivity contribution in [3.63, 3.8) is 0 Å². The van der Waals surface area contributed by atoms with E-state index in [9.17, 15) is 14.4 Å². The van der Waals surface area contributed by atoms with Crippen molar-refractivity contribution >= 4 is 63.9 Å². The van der Waals surface area contributed by atoms with Gasteiger partial charge in [-0.25, -0.2) is 0 Å². The van der Waals surface area contributed by atoms with Crippen molar-refractivity contribution in [3.8, 4) is 11.5 Å². The zero-order valence-electron chi connectivity index (χ0n) is 18.4. The predicted molar refractivity (Wildman–Crippen MR) is 134 cm³/mol. The lowest BCUT2D eigenvalue weighted by Crippen LogP contribution is -2.51. The molecule has 0 saturated heterocycles. The zero-order chi connectivity index (χ0) is 25.1. The molecule has 0 aliphatic carbocycles. The summed E-state index contributed by atoms with van der Waals surface area (Å²) < 4.78 is 10.8. The summed E-state index contributed by atoms with van der Waals surface area (Å²) >= 11 is 16.8. The van der Waals surface area contributed by atoms with Crippen LogP contribution in [0.5, 0.6) is 11.5 Å². The van der Waals surface area contributed by atoms with Gasteiger partial charge in [-0.05, 0) is 68.5 Å². The Kier molecular flexibility index (Phi) is 10.9. The van der Waals surface area contributed by atoms with Gasteiger partial charge in [0.15, 0.2) is 11.2 Å². The standard InChI is InChI=1S/C22H24Cl2N4O5S/c1-3-32-16-7-5-15(6-8-16)25-19(29)10-11-20(30)27-28-22(34)26-21(31)13(2)33-18-9-4-14(23)12-17(18)24/h4-9,12-13H,3,10-11H2,1-2H3,(H,25,29)(H,27,30)(H2,26,28,31,34). The molecule has 1 unspecified atom stereocenters. The van der Waals surface area contributed by atoms with Gasteiger partial charge in [0.25, 0.3) is 5.91 Å². The Bertz CT molecular complexity index is 1040. The summed E-state index contributed by atoms with van der Waals surface area (Å²) in [6, 6.07) is 11.5. The smallest absolute Gasteiger partial charge is 0.266 e. The van der Waals surface area contributed by atoms with Crippen molar-refractivity contribution in [2.24, 2.45) is 0 Å². The van der Waals surface area contributed by atoms with Crippen LogP contribution in [0.25, 0.3) is 0 Å². The fourth-order valence-corrected chi connectivity index (χ4v) is 3.10. The number of rotatable bonds is 9. The average molecular weight is 527 g/mol. The summed E-state index contributed by atoms with van der Waals surface area (Å²) in [6.45, 7) is 3.93. The number of amides is 3.